The Kier molecular flexibility index (Phi) is 3.54. The molecule has 0 saturated heterocycles. The minimum absolute atomic E-state index is 0.0946. The molecular formula is C14H12N2O2S. The maximum Gasteiger partial charge on any atom is 0.276 e. The number of aryl methyl sites for hydroxylation is 1. The Hall–Kier alpha value is -2.32. The molecule has 0 N–H and O–H groups in total. The van der Waals surface area contributed by atoms with Gasteiger partial charge >= 0.3 is 0 Å². The van der Waals surface area contributed by atoms with Crippen molar-refractivity contribution >= 4 is 15.7 Å². The standard InChI is InChI=1S/C14H12N2O2S/c1-12-7-9-13(10-8-12)16(11-15)19(17,18)14-5-3-2-4-6-14/h2-10H,1H3. The van der Waals surface area contributed by atoms with E-state index in [2.05, 4.69) is 0 Å². The first-order valence-electron chi connectivity index (χ1n) is 5.62. The molecule has 0 aliphatic heterocycles. The lowest BCUT2D eigenvalue weighted by molar-refractivity contribution is 0.596. The fourth-order valence-corrected chi connectivity index (χ4v) is 2.85. The van der Waals surface area contributed by atoms with Gasteiger partial charge in [0.15, 0.2) is 6.19 Å². The third-order valence-corrected chi connectivity index (χ3v) is 4.28. The number of hydrogen-bond donors (Lipinski definition) is 0. The second kappa shape index (κ2) is 5.12. The number of hydrogen-bond acceptors (Lipinski definition) is 3. The normalized spacial score (nSPS) is 10.7. The number of nitriles is 1. The molecule has 0 radical (unpaired) electrons. The van der Waals surface area contributed by atoms with Gasteiger partial charge in [0.1, 0.15) is 0 Å². The van der Waals surface area contributed by atoms with Crippen molar-refractivity contribution in [1.29, 1.82) is 5.26 Å². The van der Waals surface area contributed by atoms with Crippen LogP contribution < -0.4 is 4.31 Å². The van der Waals surface area contributed by atoms with Gasteiger partial charge in [0.25, 0.3) is 10.0 Å². The maximum absolute atomic E-state index is 12.4. The minimum Gasteiger partial charge on any atom is -0.200 e. The van der Waals surface area contributed by atoms with E-state index in [1.54, 1.807) is 48.7 Å². The summed E-state index contributed by atoms with van der Waals surface area (Å²) in [6.07, 6.45) is 1.72. The van der Waals surface area contributed by atoms with Crippen molar-refractivity contribution in [3.8, 4) is 6.19 Å². The molecule has 0 spiro atoms. The van der Waals surface area contributed by atoms with Crippen molar-refractivity contribution in [2.75, 3.05) is 4.31 Å². The summed E-state index contributed by atoms with van der Waals surface area (Å²) >= 11 is 0. The van der Waals surface area contributed by atoms with Gasteiger partial charge in [-0.3, -0.25) is 0 Å². The van der Waals surface area contributed by atoms with Gasteiger partial charge in [-0.2, -0.15) is 18.0 Å². The summed E-state index contributed by atoms with van der Waals surface area (Å²) in [5.41, 5.74) is 1.33. The summed E-state index contributed by atoms with van der Waals surface area (Å²) < 4.78 is 25.4. The molecule has 96 valence electrons. The van der Waals surface area contributed by atoms with Gasteiger partial charge in [-0.25, -0.2) is 0 Å². The molecule has 0 atom stereocenters. The molecule has 2 aromatic rings. The third-order valence-electron chi connectivity index (χ3n) is 2.64. The van der Waals surface area contributed by atoms with Gasteiger partial charge in [-0.15, -0.1) is 0 Å². The zero-order valence-corrected chi connectivity index (χ0v) is 11.1. The van der Waals surface area contributed by atoms with Crippen LogP contribution in [0.1, 0.15) is 5.56 Å². The molecule has 2 rings (SSSR count). The predicted octanol–water partition coefficient (Wildman–Crippen LogP) is 2.67. The molecular weight excluding hydrogens is 260 g/mol. The topological polar surface area (TPSA) is 61.2 Å². The van der Waals surface area contributed by atoms with Gasteiger partial charge in [0, 0.05) is 0 Å². The Morgan fingerprint density at radius 3 is 2.11 bits per heavy atom. The quantitative estimate of drug-likeness (QED) is 0.637. The highest BCUT2D eigenvalue weighted by molar-refractivity contribution is 7.93. The summed E-state index contributed by atoms with van der Waals surface area (Å²) in [5, 5.41) is 9.14. The van der Waals surface area contributed by atoms with Crippen molar-refractivity contribution in [3.05, 3.63) is 60.2 Å². The zero-order chi connectivity index (χ0) is 13.9. The Bertz CT molecular complexity index is 701. The lowest BCUT2D eigenvalue weighted by Crippen LogP contribution is -2.25. The maximum atomic E-state index is 12.4. The number of sulfonamides is 1. The Morgan fingerprint density at radius 1 is 1.00 bits per heavy atom. The second-order valence-electron chi connectivity index (χ2n) is 4.02. The van der Waals surface area contributed by atoms with Crippen LogP contribution in [0.15, 0.2) is 59.5 Å². The summed E-state index contributed by atoms with van der Waals surface area (Å²) in [6, 6.07) is 14.6. The second-order valence-corrected chi connectivity index (χ2v) is 5.80. The van der Waals surface area contributed by atoms with Gasteiger partial charge in [-0.1, -0.05) is 35.9 Å². The Morgan fingerprint density at radius 2 is 1.58 bits per heavy atom. The van der Waals surface area contributed by atoms with Crippen molar-refractivity contribution in [2.24, 2.45) is 0 Å². The van der Waals surface area contributed by atoms with Crippen LogP contribution in [0.2, 0.25) is 0 Å². The monoisotopic (exact) mass is 272 g/mol. The highest BCUT2D eigenvalue weighted by Crippen LogP contribution is 2.22. The molecule has 5 heteroatoms. The van der Waals surface area contributed by atoms with Crippen LogP contribution in [-0.4, -0.2) is 8.42 Å². The van der Waals surface area contributed by atoms with E-state index in [0.717, 1.165) is 9.87 Å². The largest absolute Gasteiger partial charge is 0.276 e. The number of rotatable bonds is 3. The number of nitrogens with zero attached hydrogens (tertiary/aromatic N) is 2. The van der Waals surface area contributed by atoms with E-state index in [0.29, 0.717) is 5.69 Å². The smallest absolute Gasteiger partial charge is 0.200 e. The summed E-state index contributed by atoms with van der Waals surface area (Å²) in [7, 11) is -3.84. The minimum atomic E-state index is -3.84. The lowest BCUT2D eigenvalue weighted by Gasteiger charge is -2.16. The fourth-order valence-electron chi connectivity index (χ4n) is 1.63. The highest BCUT2D eigenvalue weighted by Gasteiger charge is 2.24. The van der Waals surface area contributed by atoms with Crippen molar-refractivity contribution < 1.29 is 8.42 Å². The van der Waals surface area contributed by atoms with Crippen LogP contribution in [0, 0.1) is 18.4 Å². The van der Waals surface area contributed by atoms with Crippen LogP contribution in [-0.2, 0) is 10.0 Å². The van der Waals surface area contributed by atoms with E-state index in [1.807, 2.05) is 6.92 Å². The van der Waals surface area contributed by atoms with E-state index in [4.69, 9.17) is 5.26 Å². The molecule has 0 fully saturated rings. The zero-order valence-electron chi connectivity index (χ0n) is 10.3. The molecule has 19 heavy (non-hydrogen) atoms. The average Bonchev–Trinajstić information content (AvgIpc) is 2.42. The number of anilines is 1. The van der Waals surface area contributed by atoms with Crippen molar-refractivity contribution in [3.63, 3.8) is 0 Å². The molecule has 0 heterocycles. The molecule has 0 aliphatic rings. The average molecular weight is 272 g/mol. The van der Waals surface area contributed by atoms with Crippen LogP contribution in [0.4, 0.5) is 5.69 Å². The van der Waals surface area contributed by atoms with E-state index >= 15 is 0 Å². The summed E-state index contributed by atoms with van der Waals surface area (Å²) in [5.74, 6) is 0. The summed E-state index contributed by atoms with van der Waals surface area (Å²) in [6.45, 7) is 1.90. The summed E-state index contributed by atoms with van der Waals surface area (Å²) in [4.78, 5) is 0.0946. The van der Waals surface area contributed by atoms with E-state index in [-0.39, 0.29) is 4.90 Å². The molecule has 0 saturated carbocycles. The van der Waals surface area contributed by atoms with E-state index < -0.39 is 10.0 Å². The Labute approximate surface area is 112 Å². The molecule has 0 bridgehead atoms. The van der Waals surface area contributed by atoms with Crippen LogP contribution in [0.5, 0.6) is 0 Å². The van der Waals surface area contributed by atoms with Crippen molar-refractivity contribution in [1.82, 2.24) is 0 Å². The van der Waals surface area contributed by atoms with E-state index in [9.17, 15) is 8.42 Å². The van der Waals surface area contributed by atoms with Crippen molar-refractivity contribution in [2.45, 2.75) is 11.8 Å². The first-order valence-corrected chi connectivity index (χ1v) is 7.06. The molecule has 2 aromatic carbocycles. The van der Waals surface area contributed by atoms with E-state index in [1.165, 1.54) is 12.1 Å². The molecule has 4 nitrogen and oxygen atoms in total. The van der Waals surface area contributed by atoms with Crippen LogP contribution in [0.3, 0.4) is 0 Å². The SMILES string of the molecule is Cc1ccc(N(C#N)S(=O)(=O)c2ccccc2)cc1. The predicted molar refractivity (Wildman–Crippen MR) is 72.9 cm³/mol. The fraction of sp³-hybridized carbons (Fsp3) is 0.0714. The van der Waals surface area contributed by atoms with Gasteiger partial charge in [-0.05, 0) is 31.2 Å². The van der Waals surface area contributed by atoms with Crippen LogP contribution in [0.25, 0.3) is 0 Å². The lowest BCUT2D eigenvalue weighted by atomic mass is 10.2. The first-order chi connectivity index (χ1) is 9.05. The first kappa shape index (κ1) is 13.1. The molecule has 0 aromatic heterocycles. The molecule has 0 aliphatic carbocycles. The Balaban J connectivity index is 2.49. The third kappa shape index (κ3) is 2.59. The number of benzene rings is 2. The van der Waals surface area contributed by atoms with Gasteiger partial charge < -0.3 is 0 Å². The highest BCUT2D eigenvalue weighted by atomic mass is 32.2. The van der Waals surface area contributed by atoms with Gasteiger partial charge in [0.2, 0.25) is 0 Å². The molecule has 0 unspecified atom stereocenters. The van der Waals surface area contributed by atoms with Crippen LogP contribution >= 0.6 is 0 Å². The molecule has 0 amide bonds. The van der Waals surface area contributed by atoms with Gasteiger partial charge in [0.05, 0.1) is 10.6 Å².